The predicted molar refractivity (Wildman–Crippen MR) is 101 cm³/mol. The van der Waals surface area contributed by atoms with Crippen molar-refractivity contribution >= 4 is 33.8 Å². The number of nitrogens with zero attached hydrogens (tertiary/aromatic N) is 4. The van der Waals surface area contributed by atoms with Crippen molar-refractivity contribution in [3.8, 4) is 11.5 Å². The zero-order chi connectivity index (χ0) is 20.4. The minimum atomic E-state index is -0.779. The highest BCUT2D eigenvalue weighted by Crippen LogP contribution is 2.39. The SMILES string of the molecule is O=[N+]([O-])c1cc([N+](=O)[O-])c2nonc2c1Nc1ccc(Oc2ccccc2)cc1. The van der Waals surface area contributed by atoms with Gasteiger partial charge in [0.05, 0.1) is 15.9 Å². The second-order valence-electron chi connectivity index (χ2n) is 5.83. The average molecular weight is 393 g/mol. The van der Waals surface area contributed by atoms with Crippen molar-refractivity contribution in [1.29, 1.82) is 0 Å². The number of aromatic nitrogens is 2. The van der Waals surface area contributed by atoms with Gasteiger partial charge in [0.2, 0.25) is 5.52 Å². The molecule has 0 fully saturated rings. The summed E-state index contributed by atoms with van der Waals surface area (Å²) < 4.78 is 10.3. The van der Waals surface area contributed by atoms with Gasteiger partial charge in [-0.05, 0) is 46.7 Å². The maximum Gasteiger partial charge on any atom is 0.307 e. The standard InChI is InChI=1S/C18H11N5O6/c24-22(25)14-10-15(23(26)27)17-18(21-29-20-17)16(14)19-11-6-8-13(9-7-11)28-12-4-2-1-3-5-12/h1-10,19H. The Balaban J connectivity index is 1.68. The van der Waals surface area contributed by atoms with Gasteiger partial charge in [0.1, 0.15) is 17.2 Å². The van der Waals surface area contributed by atoms with Crippen LogP contribution < -0.4 is 10.1 Å². The lowest BCUT2D eigenvalue weighted by molar-refractivity contribution is -0.392. The second-order valence-corrected chi connectivity index (χ2v) is 5.83. The van der Waals surface area contributed by atoms with Gasteiger partial charge in [0.15, 0.2) is 5.52 Å². The van der Waals surface area contributed by atoms with Crippen LogP contribution in [0.25, 0.3) is 11.0 Å². The number of ether oxygens (including phenoxy) is 1. The van der Waals surface area contributed by atoms with Gasteiger partial charge >= 0.3 is 11.4 Å². The fraction of sp³-hybridized carbons (Fsp3) is 0. The molecule has 0 aliphatic heterocycles. The van der Waals surface area contributed by atoms with Gasteiger partial charge in [-0.3, -0.25) is 20.2 Å². The summed E-state index contributed by atoms with van der Waals surface area (Å²) in [6.07, 6.45) is 0. The Morgan fingerprint density at radius 2 is 1.45 bits per heavy atom. The van der Waals surface area contributed by atoms with Crippen molar-refractivity contribution in [3.63, 3.8) is 0 Å². The molecule has 0 aliphatic carbocycles. The van der Waals surface area contributed by atoms with Gasteiger partial charge in [0, 0.05) is 5.69 Å². The fourth-order valence-electron chi connectivity index (χ4n) is 2.69. The third-order valence-corrected chi connectivity index (χ3v) is 3.99. The normalized spacial score (nSPS) is 10.6. The number of rotatable bonds is 6. The van der Waals surface area contributed by atoms with E-state index < -0.39 is 21.2 Å². The number of hydrogen-bond donors (Lipinski definition) is 1. The molecule has 1 N–H and O–H groups in total. The number of non-ortho nitro benzene ring substituents is 1. The summed E-state index contributed by atoms with van der Waals surface area (Å²) in [5.41, 5.74) is -0.975. The third-order valence-electron chi connectivity index (χ3n) is 3.99. The van der Waals surface area contributed by atoms with Crippen molar-refractivity contribution in [2.75, 3.05) is 5.32 Å². The van der Waals surface area contributed by atoms with E-state index in [9.17, 15) is 20.2 Å². The number of hydrogen-bond acceptors (Lipinski definition) is 9. The second kappa shape index (κ2) is 7.23. The van der Waals surface area contributed by atoms with E-state index in [4.69, 9.17) is 4.74 Å². The number of benzene rings is 3. The molecule has 29 heavy (non-hydrogen) atoms. The Morgan fingerprint density at radius 1 is 0.828 bits per heavy atom. The fourth-order valence-corrected chi connectivity index (χ4v) is 2.69. The van der Waals surface area contributed by atoms with Crippen LogP contribution in [-0.2, 0) is 0 Å². The summed E-state index contributed by atoms with van der Waals surface area (Å²) in [5.74, 6) is 1.22. The van der Waals surface area contributed by atoms with E-state index in [2.05, 4.69) is 20.3 Å². The number of nitro groups is 2. The molecule has 1 heterocycles. The van der Waals surface area contributed by atoms with Gasteiger partial charge in [0.25, 0.3) is 0 Å². The smallest absolute Gasteiger partial charge is 0.307 e. The maximum atomic E-state index is 11.5. The Kier molecular flexibility index (Phi) is 4.45. The molecule has 3 aromatic carbocycles. The molecule has 11 heteroatoms. The molecule has 0 aliphatic rings. The summed E-state index contributed by atoms with van der Waals surface area (Å²) in [6, 6.07) is 16.6. The largest absolute Gasteiger partial charge is 0.457 e. The van der Waals surface area contributed by atoms with Crippen molar-refractivity contribution in [2.45, 2.75) is 0 Å². The van der Waals surface area contributed by atoms with Gasteiger partial charge in [-0.15, -0.1) is 0 Å². The molecule has 0 unspecified atom stereocenters. The van der Waals surface area contributed by atoms with Crippen LogP contribution in [0.3, 0.4) is 0 Å². The molecule has 1 aromatic heterocycles. The highest BCUT2D eigenvalue weighted by Gasteiger charge is 2.29. The first-order valence-electron chi connectivity index (χ1n) is 8.21. The molecule has 144 valence electrons. The minimum absolute atomic E-state index is 0.0615. The quantitative estimate of drug-likeness (QED) is 0.367. The van der Waals surface area contributed by atoms with Crippen molar-refractivity contribution in [3.05, 3.63) is 80.9 Å². The predicted octanol–water partition coefficient (Wildman–Crippen LogP) is 4.58. The minimum Gasteiger partial charge on any atom is -0.457 e. The van der Waals surface area contributed by atoms with Crippen molar-refractivity contribution < 1.29 is 19.2 Å². The lowest BCUT2D eigenvalue weighted by Crippen LogP contribution is -2.01. The van der Waals surface area contributed by atoms with Gasteiger partial charge in [-0.1, -0.05) is 18.2 Å². The van der Waals surface area contributed by atoms with E-state index in [1.54, 1.807) is 36.4 Å². The monoisotopic (exact) mass is 393 g/mol. The summed E-state index contributed by atoms with van der Waals surface area (Å²) >= 11 is 0. The highest BCUT2D eigenvalue weighted by molar-refractivity contribution is 6.00. The molecular formula is C18H11N5O6. The van der Waals surface area contributed by atoms with E-state index in [1.165, 1.54) is 0 Å². The van der Waals surface area contributed by atoms with E-state index >= 15 is 0 Å². The van der Waals surface area contributed by atoms with Crippen LogP contribution in [0, 0.1) is 20.2 Å². The molecule has 0 amide bonds. The lowest BCUT2D eigenvalue weighted by atomic mass is 10.2. The Hall–Kier alpha value is -4.54. The summed E-state index contributed by atoms with van der Waals surface area (Å²) in [7, 11) is 0. The number of anilines is 2. The number of nitro benzene ring substituents is 2. The molecule has 0 spiro atoms. The molecule has 0 saturated heterocycles. The maximum absolute atomic E-state index is 11.5. The van der Waals surface area contributed by atoms with Crippen molar-refractivity contribution in [2.24, 2.45) is 0 Å². The van der Waals surface area contributed by atoms with E-state index in [1.807, 2.05) is 18.2 Å². The molecule has 0 atom stereocenters. The van der Waals surface area contributed by atoms with Crippen LogP contribution >= 0.6 is 0 Å². The van der Waals surface area contributed by atoms with Crippen LogP contribution in [0.2, 0.25) is 0 Å². The summed E-state index contributed by atoms with van der Waals surface area (Å²) in [5, 5.41) is 32.6. The highest BCUT2D eigenvalue weighted by atomic mass is 16.6. The first-order valence-corrected chi connectivity index (χ1v) is 8.21. The van der Waals surface area contributed by atoms with Crippen LogP contribution in [0.1, 0.15) is 0 Å². The molecular weight excluding hydrogens is 382 g/mol. The zero-order valence-corrected chi connectivity index (χ0v) is 14.5. The summed E-state index contributed by atoms with van der Waals surface area (Å²) in [4.78, 5) is 21.1. The number of para-hydroxylation sites is 1. The number of nitrogens with one attached hydrogen (secondary N) is 1. The Morgan fingerprint density at radius 3 is 2.10 bits per heavy atom. The van der Waals surface area contributed by atoms with Crippen LogP contribution in [0.15, 0.2) is 65.3 Å². The Bertz CT molecular complexity index is 1210. The third kappa shape index (κ3) is 3.51. The molecule has 4 rings (SSSR count). The lowest BCUT2D eigenvalue weighted by Gasteiger charge is -2.09. The van der Waals surface area contributed by atoms with Crippen LogP contribution in [0.4, 0.5) is 22.7 Å². The van der Waals surface area contributed by atoms with E-state index in [-0.39, 0.29) is 16.7 Å². The van der Waals surface area contributed by atoms with Gasteiger partial charge < -0.3 is 10.1 Å². The van der Waals surface area contributed by atoms with E-state index in [0.29, 0.717) is 17.2 Å². The Labute approximate surface area is 161 Å². The first kappa shape index (κ1) is 17.9. The summed E-state index contributed by atoms with van der Waals surface area (Å²) in [6.45, 7) is 0. The molecule has 0 radical (unpaired) electrons. The van der Waals surface area contributed by atoms with Crippen LogP contribution in [-0.4, -0.2) is 20.2 Å². The van der Waals surface area contributed by atoms with E-state index in [0.717, 1.165) is 6.07 Å². The molecule has 11 nitrogen and oxygen atoms in total. The van der Waals surface area contributed by atoms with Crippen LogP contribution in [0.5, 0.6) is 11.5 Å². The number of fused-ring (bicyclic) bond motifs is 1. The first-order chi connectivity index (χ1) is 14.0. The van der Waals surface area contributed by atoms with Crippen molar-refractivity contribution in [1.82, 2.24) is 10.3 Å². The topological polar surface area (TPSA) is 146 Å². The molecule has 4 aromatic rings. The zero-order valence-electron chi connectivity index (χ0n) is 14.5. The van der Waals surface area contributed by atoms with Gasteiger partial charge in [-0.2, -0.15) is 0 Å². The average Bonchev–Trinajstić information content (AvgIpc) is 3.20. The molecule has 0 saturated carbocycles. The van der Waals surface area contributed by atoms with Gasteiger partial charge in [-0.25, -0.2) is 4.63 Å². The molecule has 0 bridgehead atoms.